The monoisotopic (exact) mass is 295 g/mol. The molecule has 5 heteroatoms. The minimum Gasteiger partial charge on any atom is -0.346 e. The Balaban J connectivity index is 2.01. The molecular weight excluding hydrogens is 278 g/mol. The summed E-state index contributed by atoms with van der Waals surface area (Å²) in [5, 5.41) is 6.60. The maximum Gasteiger partial charge on any atom is 0.275 e. The van der Waals surface area contributed by atoms with Crippen LogP contribution in [0.4, 0.5) is 5.69 Å². The van der Waals surface area contributed by atoms with Gasteiger partial charge in [0.05, 0.1) is 5.69 Å². The topological polar surface area (TPSA) is 70.6 Å². The van der Waals surface area contributed by atoms with E-state index in [2.05, 4.69) is 15.8 Å². The molecule has 112 valence electrons. The third-order valence-electron chi connectivity index (χ3n) is 2.92. The van der Waals surface area contributed by atoms with Gasteiger partial charge in [-0.25, -0.2) is 0 Å². The largest absolute Gasteiger partial charge is 0.346 e. The molecule has 2 aromatic rings. The van der Waals surface area contributed by atoms with Crippen LogP contribution in [0.3, 0.4) is 0 Å². The number of benzene rings is 2. The van der Waals surface area contributed by atoms with Gasteiger partial charge >= 0.3 is 0 Å². The van der Waals surface area contributed by atoms with Crippen LogP contribution in [0.1, 0.15) is 12.5 Å². The lowest BCUT2D eigenvalue weighted by Gasteiger charge is -2.07. The van der Waals surface area contributed by atoms with E-state index in [1.165, 1.54) is 6.92 Å². The molecule has 0 bridgehead atoms. The van der Waals surface area contributed by atoms with Crippen molar-refractivity contribution in [3.05, 3.63) is 66.2 Å². The second-order valence-corrected chi connectivity index (χ2v) is 4.66. The third kappa shape index (κ3) is 4.56. The maximum atomic E-state index is 12.1. The highest BCUT2D eigenvalue weighted by molar-refractivity contribution is 6.65. The lowest BCUT2D eigenvalue weighted by atomic mass is 10.2. The molecule has 0 aliphatic rings. The van der Waals surface area contributed by atoms with E-state index in [1.54, 1.807) is 12.1 Å². The van der Waals surface area contributed by atoms with Crippen molar-refractivity contribution in [1.82, 2.24) is 5.32 Å². The quantitative estimate of drug-likeness (QED) is 0.488. The number of hydrogen-bond acceptors (Lipinski definition) is 4. The van der Waals surface area contributed by atoms with Crippen molar-refractivity contribution >= 4 is 23.1 Å². The van der Waals surface area contributed by atoms with Crippen molar-refractivity contribution < 1.29 is 9.59 Å². The van der Waals surface area contributed by atoms with Crippen LogP contribution in [-0.2, 0) is 16.1 Å². The van der Waals surface area contributed by atoms with Crippen LogP contribution < -0.4 is 10.7 Å². The van der Waals surface area contributed by atoms with Crippen LogP contribution in [-0.4, -0.2) is 17.4 Å². The Kier molecular flexibility index (Phi) is 5.43. The van der Waals surface area contributed by atoms with E-state index in [1.807, 2.05) is 48.5 Å². The van der Waals surface area contributed by atoms with Crippen LogP contribution in [0.15, 0.2) is 65.8 Å². The fraction of sp³-hybridized carbons (Fsp3) is 0.118. The van der Waals surface area contributed by atoms with E-state index in [9.17, 15) is 9.59 Å². The molecule has 2 N–H and O–H groups in total. The van der Waals surface area contributed by atoms with E-state index >= 15 is 0 Å². The van der Waals surface area contributed by atoms with Crippen LogP contribution in [0, 0.1) is 0 Å². The van der Waals surface area contributed by atoms with Crippen molar-refractivity contribution in [2.45, 2.75) is 13.5 Å². The predicted molar refractivity (Wildman–Crippen MR) is 86.5 cm³/mol. The van der Waals surface area contributed by atoms with Gasteiger partial charge < -0.3 is 5.32 Å². The summed E-state index contributed by atoms with van der Waals surface area (Å²) in [6.07, 6.45) is 0. The third-order valence-corrected chi connectivity index (χ3v) is 2.92. The van der Waals surface area contributed by atoms with Crippen molar-refractivity contribution in [2.24, 2.45) is 5.10 Å². The van der Waals surface area contributed by atoms with Gasteiger partial charge in [0.1, 0.15) is 0 Å². The SMILES string of the molecule is CC(=O)/C(=N/Nc1ccccc1)C(=O)NCc1ccccc1. The number of hydrazone groups is 1. The van der Waals surface area contributed by atoms with Gasteiger partial charge in [0.15, 0.2) is 11.5 Å². The van der Waals surface area contributed by atoms with Crippen molar-refractivity contribution in [2.75, 3.05) is 5.43 Å². The zero-order valence-corrected chi connectivity index (χ0v) is 12.2. The van der Waals surface area contributed by atoms with Crippen molar-refractivity contribution in [3.8, 4) is 0 Å². The maximum absolute atomic E-state index is 12.1. The van der Waals surface area contributed by atoms with E-state index in [-0.39, 0.29) is 5.71 Å². The summed E-state index contributed by atoms with van der Waals surface area (Å²) in [4.78, 5) is 23.7. The standard InChI is InChI=1S/C17H17N3O2/c1-13(21)16(20-19-15-10-6-3-7-11-15)17(22)18-12-14-8-4-2-5-9-14/h2-11,19H,12H2,1H3,(H,18,22)/b20-16-. The molecule has 0 unspecified atom stereocenters. The molecule has 0 aliphatic carbocycles. The Morgan fingerprint density at radius 2 is 1.55 bits per heavy atom. The highest BCUT2D eigenvalue weighted by Gasteiger charge is 2.16. The van der Waals surface area contributed by atoms with Crippen LogP contribution >= 0.6 is 0 Å². The van der Waals surface area contributed by atoms with Crippen LogP contribution in [0.25, 0.3) is 0 Å². The van der Waals surface area contributed by atoms with Gasteiger partial charge in [-0.05, 0) is 17.7 Å². The summed E-state index contributed by atoms with van der Waals surface area (Å²) in [6.45, 7) is 1.66. The molecule has 2 rings (SSSR count). The molecule has 0 saturated carbocycles. The number of carbonyl (C=O) groups is 2. The number of para-hydroxylation sites is 1. The second-order valence-electron chi connectivity index (χ2n) is 4.66. The number of hydrogen-bond donors (Lipinski definition) is 2. The minimum absolute atomic E-state index is 0.153. The van der Waals surface area contributed by atoms with Crippen LogP contribution in [0.5, 0.6) is 0 Å². The number of amides is 1. The summed E-state index contributed by atoms with van der Waals surface area (Å²) < 4.78 is 0. The molecule has 0 fully saturated rings. The van der Waals surface area contributed by atoms with E-state index in [0.29, 0.717) is 12.2 Å². The molecule has 2 aromatic carbocycles. The number of nitrogens with one attached hydrogen (secondary N) is 2. The van der Waals surface area contributed by atoms with Gasteiger partial charge in [-0.1, -0.05) is 48.5 Å². The normalized spacial score (nSPS) is 10.9. The highest BCUT2D eigenvalue weighted by Crippen LogP contribution is 2.04. The Hall–Kier alpha value is -2.95. The number of ketones is 1. The predicted octanol–water partition coefficient (Wildman–Crippen LogP) is 2.36. The van der Waals surface area contributed by atoms with Crippen molar-refractivity contribution in [1.29, 1.82) is 0 Å². The first kappa shape index (κ1) is 15.4. The smallest absolute Gasteiger partial charge is 0.275 e. The van der Waals surface area contributed by atoms with Gasteiger partial charge in [-0.15, -0.1) is 0 Å². The molecule has 0 spiro atoms. The Morgan fingerprint density at radius 3 is 2.14 bits per heavy atom. The summed E-state index contributed by atoms with van der Waals surface area (Å²) >= 11 is 0. The Morgan fingerprint density at radius 1 is 0.955 bits per heavy atom. The average Bonchev–Trinajstić information content (AvgIpc) is 2.55. The number of rotatable bonds is 6. The Labute approximate surface area is 129 Å². The number of nitrogens with zero attached hydrogens (tertiary/aromatic N) is 1. The van der Waals surface area contributed by atoms with E-state index in [0.717, 1.165) is 5.56 Å². The zero-order chi connectivity index (χ0) is 15.8. The summed E-state index contributed by atoms with van der Waals surface area (Å²) in [6, 6.07) is 18.6. The number of anilines is 1. The first-order chi connectivity index (χ1) is 10.7. The molecular formula is C17H17N3O2. The Bertz CT molecular complexity index is 667. The molecule has 0 saturated heterocycles. The number of Topliss-reactive ketones (excluding diaryl/α,β-unsaturated/α-hetero) is 1. The first-order valence-corrected chi connectivity index (χ1v) is 6.88. The molecule has 5 nitrogen and oxygen atoms in total. The van der Waals surface area contributed by atoms with Gasteiger partial charge in [0.2, 0.25) is 0 Å². The van der Waals surface area contributed by atoms with Gasteiger partial charge in [-0.3, -0.25) is 15.0 Å². The molecule has 0 aliphatic heterocycles. The van der Waals surface area contributed by atoms with Gasteiger partial charge in [0, 0.05) is 13.5 Å². The van der Waals surface area contributed by atoms with Crippen LogP contribution in [0.2, 0.25) is 0 Å². The molecule has 0 heterocycles. The fourth-order valence-corrected chi connectivity index (χ4v) is 1.78. The number of carbonyl (C=O) groups excluding carboxylic acids is 2. The molecule has 1 amide bonds. The fourth-order valence-electron chi connectivity index (χ4n) is 1.78. The lowest BCUT2D eigenvalue weighted by molar-refractivity contribution is -0.117. The first-order valence-electron chi connectivity index (χ1n) is 6.88. The molecule has 0 radical (unpaired) electrons. The summed E-state index contributed by atoms with van der Waals surface area (Å²) in [5.74, 6) is -0.895. The molecule has 0 atom stereocenters. The van der Waals surface area contributed by atoms with Gasteiger partial charge in [0.25, 0.3) is 5.91 Å². The highest BCUT2D eigenvalue weighted by atomic mass is 16.2. The zero-order valence-electron chi connectivity index (χ0n) is 12.2. The van der Waals surface area contributed by atoms with E-state index < -0.39 is 11.7 Å². The van der Waals surface area contributed by atoms with Crippen molar-refractivity contribution in [3.63, 3.8) is 0 Å². The summed E-state index contributed by atoms with van der Waals surface area (Å²) in [7, 11) is 0. The van der Waals surface area contributed by atoms with Gasteiger partial charge in [-0.2, -0.15) is 5.10 Å². The minimum atomic E-state index is -0.500. The summed E-state index contributed by atoms with van der Waals surface area (Å²) in [5.41, 5.74) is 4.22. The lowest BCUT2D eigenvalue weighted by Crippen LogP contribution is -2.35. The molecule has 0 aromatic heterocycles. The molecule has 22 heavy (non-hydrogen) atoms. The second kappa shape index (κ2) is 7.73. The van der Waals surface area contributed by atoms with E-state index in [4.69, 9.17) is 0 Å². The average molecular weight is 295 g/mol.